The van der Waals surface area contributed by atoms with Crippen LogP contribution in [0.1, 0.15) is 39.2 Å². The maximum atomic E-state index is 12.4. The highest BCUT2D eigenvalue weighted by Crippen LogP contribution is 2.34. The quantitative estimate of drug-likeness (QED) is 0.542. The van der Waals surface area contributed by atoms with Crippen molar-refractivity contribution in [2.45, 2.75) is 46.6 Å². The molecule has 1 aromatic rings. The molecule has 146 valence electrons. The van der Waals surface area contributed by atoms with Crippen LogP contribution < -0.4 is 15.6 Å². The average molecular weight is 374 g/mol. The predicted molar refractivity (Wildman–Crippen MR) is 99.8 cm³/mol. The van der Waals surface area contributed by atoms with E-state index in [4.69, 9.17) is 4.74 Å². The van der Waals surface area contributed by atoms with Gasteiger partial charge in [-0.05, 0) is 52.7 Å². The van der Waals surface area contributed by atoms with Gasteiger partial charge in [-0.2, -0.15) is 0 Å². The SMILES string of the molecule is CC1=C(C)C[C@@H](C(=O)O)[C@@H](C(=O)NNC(=O)[C@H](C)Oc2ccc(C)cc2)C1. The molecule has 1 aliphatic carbocycles. The molecule has 0 aliphatic heterocycles. The minimum absolute atomic E-state index is 0.333. The van der Waals surface area contributed by atoms with Crippen molar-refractivity contribution in [2.75, 3.05) is 0 Å². The van der Waals surface area contributed by atoms with Crippen LogP contribution in [0.15, 0.2) is 35.4 Å². The summed E-state index contributed by atoms with van der Waals surface area (Å²) < 4.78 is 5.53. The Labute approximate surface area is 158 Å². The van der Waals surface area contributed by atoms with Crippen molar-refractivity contribution in [1.82, 2.24) is 10.9 Å². The van der Waals surface area contributed by atoms with Gasteiger partial charge in [0.1, 0.15) is 5.75 Å². The van der Waals surface area contributed by atoms with Crippen molar-refractivity contribution in [2.24, 2.45) is 11.8 Å². The molecule has 27 heavy (non-hydrogen) atoms. The highest BCUT2D eigenvalue weighted by molar-refractivity contribution is 5.88. The van der Waals surface area contributed by atoms with Gasteiger partial charge in [0.05, 0.1) is 11.8 Å². The largest absolute Gasteiger partial charge is 0.481 e. The number of hydrogen-bond donors (Lipinski definition) is 3. The van der Waals surface area contributed by atoms with Crippen molar-refractivity contribution >= 4 is 17.8 Å². The van der Waals surface area contributed by atoms with Gasteiger partial charge >= 0.3 is 5.97 Å². The Morgan fingerprint density at radius 1 is 1.00 bits per heavy atom. The number of rotatable bonds is 5. The molecular weight excluding hydrogens is 348 g/mol. The van der Waals surface area contributed by atoms with E-state index in [2.05, 4.69) is 10.9 Å². The number of allylic oxidation sites excluding steroid dienone is 2. The summed E-state index contributed by atoms with van der Waals surface area (Å²) in [4.78, 5) is 36.1. The van der Waals surface area contributed by atoms with Crippen molar-refractivity contribution in [1.29, 1.82) is 0 Å². The number of amides is 2. The minimum Gasteiger partial charge on any atom is -0.481 e. The Hall–Kier alpha value is -2.83. The van der Waals surface area contributed by atoms with E-state index in [1.54, 1.807) is 19.1 Å². The molecule has 3 N–H and O–H groups in total. The van der Waals surface area contributed by atoms with Gasteiger partial charge in [0, 0.05) is 0 Å². The number of hydrazine groups is 1. The van der Waals surface area contributed by atoms with Crippen LogP contribution in [-0.2, 0) is 14.4 Å². The van der Waals surface area contributed by atoms with E-state index in [9.17, 15) is 19.5 Å². The van der Waals surface area contributed by atoms with E-state index in [-0.39, 0.29) is 0 Å². The number of carbonyl (C=O) groups is 3. The molecule has 7 heteroatoms. The maximum absolute atomic E-state index is 12.4. The lowest BCUT2D eigenvalue weighted by atomic mass is 9.76. The molecule has 7 nitrogen and oxygen atoms in total. The van der Waals surface area contributed by atoms with Crippen LogP contribution in [0.4, 0.5) is 0 Å². The van der Waals surface area contributed by atoms with Crippen LogP contribution in [-0.4, -0.2) is 29.0 Å². The molecule has 2 rings (SSSR count). The number of aryl methyl sites for hydroxylation is 1. The smallest absolute Gasteiger partial charge is 0.307 e. The van der Waals surface area contributed by atoms with Gasteiger partial charge in [0.25, 0.3) is 5.91 Å². The summed E-state index contributed by atoms with van der Waals surface area (Å²) >= 11 is 0. The molecule has 0 aromatic heterocycles. The highest BCUT2D eigenvalue weighted by atomic mass is 16.5. The zero-order chi connectivity index (χ0) is 20.1. The number of benzene rings is 1. The summed E-state index contributed by atoms with van der Waals surface area (Å²) in [5.74, 6) is -3.01. The van der Waals surface area contributed by atoms with Gasteiger partial charge in [-0.25, -0.2) is 0 Å². The molecule has 1 aromatic carbocycles. The highest BCUT2D eigenvalue weighted by Gasteiger charge is 2.37. The summed E-state index contributed by atoms with van der Waals surface area (Å²) in [7, 11) is 0. The lowest BCUT2D eigenvalue weighted by Crippen LogP contribution is -2.51. The number of carboxylic acids is 1. The Morgan fingerprint density at radius 2 is 1.56 bits per heavy atom. The molecule has 1 aliphatic rings. The second-order valence-electron chi connectivity index (χ2n) is 7.07. The molecule has 0 saturated heterocycles. The first-order chi connectivity index (χ1) is 12.7. The van der Waals surface area contributed by atoms with E-state index in [0.717, 1.165) is 16.7 Å². The van der Waals surface area contributed by atoms with Gasteiger partial charge in [-0.1, -0.05) is 28.8 Å². The third-order valence-corrected chi connectivity index (χ3v) is 4.93. The van der Waals surface area contributed by atoms with Crippen LogP contribution >= 0.6 is 0 Å². The number of carboxylic acid groups (broad SMARTS) is 1. The third kappa shape index (κ3) is 5.32. The van der Waals surface area contributed by atoms with Crippen LogP contribution in [0.25, 0.3) is 0 Å². The van der Waals surface area contributed by atoms with E-state index >= 15 is 0 Å². The predicted octanol–water partition coefficient (Wildman–Crippen LogP) is 2.36. The normalized spacial score (nSPS) is 20.6. The fraction of sp³-hybridized carbons (Fsp3) is 0.450. The van der Waals surface area contributed by atoms with Crippen molar-refractivity contribution in [3.8, 4) is 5.75 Å². The molecule has 0 saturated carbocycles. The Kier molecular flexibility index (Phi) is 6.60. The Bertz CT molecular complexity index is 754. The van der Waals surface area contributed by atoms with Crippen molar-refractivity contribution in [3.63, 3.8) is 0 Å². The number of aliphatic carboxylic acids is 1. The Balaban J connectivity index is 1.92. The molecule has 3 atom stereocenters. The van der Waals surface area contributed by atoms with E-state index in [1.807, 2.05) is 32.9 Å². The summed E-state index contributed by atoms with van der Waals surface area (Å²) in [6, 6.07) is 7.26. The molecule has 0 spiro atoms. The van der Waals surface area contributed by atoms with Crippen LogP contribution in [0, 0.1) is 18.8 Å². The number of carbonyl (C=O) groups excluding carboxylic acids is 2. The second kappa shape index (κ2) is 8.70. The molecular formula is C20H26N2O5. The molecule has 0 fully saturated rings. The van der Waals surface area contributed by atoms with Crippen LogP contribution in [0.3, 0.4) is 0 Å². The fourth-order valence-corrected chi connectivity index (χ4v) is 3.02. The number of ether oxygens (including phenoxy) is 1. The zero-order valence-electron chi connectivity index (χ0n) is 16.0. The number of hydrogen-bond acceptors (Lipinski definition) is 4. The van der Waals surface area contributed by atoms with Gasteiger partial charge in [-0.15, -0.1) is 0 Å². The number of nitrogens with one attached hydrogen (secondary N) is 2. The first-order valence-corrected chi connectivity index (χ1v) is 8.90. The van der Waals surface area contributed by atoms with E-state index in [0.29, 0.717) is 18.6 Å². The van der Waals surface area contributed by atoms with Gasteiger partial charge < -0.3 is 9.84 Å². The summed E-state index contributed by atoms with van der Waals surface area (Å²) in [5, 5.41) is 9.40. The monoisotopic (exact) mass is 374 g/mol. The van der Waals surface area contributed by atoms with Gasteiger partial charge in [0.2, 0.25) is 5.91 Å². The molecule has 0 radical (unpaired) electrons. The first kappa shape index (κ1) is 20.5. The van der Waals surface area contributed by atoms with Crippen LogP contribution in [0.2, 0.25) is 0 Å². The van der Waals surface area contributed by atoms with E-state index in [1.165, 1.54) is 0 Å². The molecule has 0 heterocycles. The standard InChI is InChI=1S/C20H26N2O5/c1-11-5-7-15(8-6-11)27-14(4)18(23)21-22-19(24)16-9-12(2)13(3)10-17(16)20(25)26/h5-8,14,16-17H,9-10H2,1-4H3,(H,21,23)(H,22,24)(H,25,26)/t14-,16-,17+/m0/s1. The molecule has 2 amide bonds. The first-order valence-electron chi connectivity index (χ1n) is 8.90. The fourth-order valence-electron chi connectivity index (χ4n) is 3.02. The minimum atomic E-state index is -1.01. The maximum Gasteiger partial charge on any atom is 0.307 e. The summed E-state index contributed by atoms with van der Waals surface area (Å²) in [6.07, 6.45) is -0.126. The van der Waals surface area contributed by atoms with Crippen molar-refractivity contribution < 1.29 is 24.2 Å². The third-order valence-electron chi connectivity index (χ3n) is 4.93. The summed E-state index contributed by atoms with van der Waals surface area (Å²) in [6.45, 7) is 7.29. The molecule has 0 bridgehead atoms. The lowest BCUT2D eigenvalue weighted by Gasteiger charge is -2.29. The summed E-state index contributed by atoms with van der Waals surface area (Å²) in [5.41, 5.74) is 7.75. The Morgan fingerprint density at radius 3 is 2.11 bits per heavy atom. The zero-order valence-corrected chi connectivity index (χ0v) is 16.0. The second-order valence-corrected chi connectivity index (χ2v) is 7.07. The van der Waals surface area contributed by atoms with Crippen molar-refractivity contribution in [3.05, 3.63) is 41.0 Å². The lowest BCUT2D eigenvalue weighted by molar-refractivity contribution is -0.148. The van der Waals surface area contributed by atoms with E-state index < -0.39 is 35.7 Å². The van der Waals surface area contributed by atoms with Crippen LogP contribution in [0.5, 0.6) is 5.75 Å². The van der Waals surface area contributed by atoms with Gasteiger partial charge in [0.15, 0.2) is 6.10 Å². The van der Waals surface area contributed by atoms with Gasteiger partial charge in [-0.3, -0.25) is 25.2 Å². The molecule has 0 unspecified atom stereocenters. The average Bonchev–Trinajstić information content (AvgIpc) is 2.62. The topological polar surface area (TPSA) is 105 Å².